The van der Waals surface area contributed by atoms with Crippen LogP contribution >= 0.6 is 0 Å². The third kappa shape index (κ3) is 4.96. The van der Waals surface area contributed by atoms with Crippen LogP contribution in [0.15, 0.2) is 197 Å². The first kappa shape index (κ1) is 31.6. The molecule has 0 N–H and O–H groups in total. The average Bonchev–Trinajstić information content (AvgIpc) is 3.96. The molecular formula is C52H31N3O2. The topological polar surface area (TPSA) is 57.0 Å². The van der Waals surface area contributed by atoms with Crippen molar-refractivity contribution in [3.8, 4) is 50.3 Å². The summed E-state index contributed by atoms with van der Waals surface area (Å²) in [5, 5.41) is 5.69. The number of hydrogen-bond acceptors (Lipinski definition) is 4. The van der Waals surface area contributed by atoms with Crippen LogP contribution in [0.2, 0.25) is 0 Å². The molecule has 0 fully saturated rings. The standard InChI is InChI=1S/C52H31N3O2/c1-4-22-45-40(17-1)41-18-2-5-23-46(41)55(45)38-16-9-13-34(29-38)33-12-8-15-37(28-33)49-52-50(54-31-53-49)44-30-35(25-26-48(44)57-52)32-11-7-14-36(27-32)39-20-10-21-43-42-19-3-6-24-47(42)56-51(39)43/h1-31H. The molecule has 0 aliphatic heterocycles. The third-order valence-electron chi connectivity index (χ3n) is 11.3. The zero-order chi connectivity index (χ0) is 37.5. The molecule has 0 amide bonds. The molecule has 5 nitrogen and oxygen atoms in total. The molecule has 5 heteroatoms. The van der Waals surface area contributed by atoms with Gasteiger partial charge in [-0.2, -0.15) is 0 Å². The van der Waals surface area contributed by atoms with Gasteiger partial charge < -0.3 is 13.4 Å². The lowest BCUT2D eigenvalue weighted by atomic mass is 9.97. The highest BCUT2D eigenvalue weighted by Gasteiger charge is 2.18. The predicted octanol–water partition coefficient (Wildman–Crippen LogP) is 14.0. The Labute approximate surface area is 326 Å². The Morgan fingerprint density at radius 3 is 1.75 bits per heavy atom. The maximum Gasteiger partial charge on any atom is 0.180 e. The second-order valence-electron chi connectivity index (χ2n) is 14.6. The van der Waals surface area contributed by atoms with Gasteiger partial charge in [0.05, 0.1) is 11.0 Å². The first-order chi connectivity index (χ1) is 28.2. The zero-order valence-electron chi connectivity index (χ0n) is 30.6. The Morgan fingerprint density at radius 1 is 0.368 bits per heavy atom. The summed E-state index contributed by atoms with van der Waals surface area (Å²) in [5.74, 6) is 0. The van der Waals surface area contributed by atoms with Crippen molar-refractivity contribution in [3.05, 3.63) is 188 Å². The van der Waals surface area contributed by atoms with Gasteiger partial charge in [0.1, 0.15) is 34.3 Å². The third-order valence-corrected chi connectivity index (χ3v) is 11.3. The van der Waals surface area contributed by atoms with Gasteiger partial charge in [-0.25, -0.2) is 9.97 Å². The summed E-state index contributed by atoms with van der Waals surface area (Å²) in [6, 6.07) is 64.0. The van der Waals surface area contributed by atoms with Crippen LogP contribution in [-0.2, 0) is 0 Å². The van der Waals surface area contributed by atoms with Crippen molar-refractivity contribution in [3.63, 3.8) is 0 Å². The van der Waals surface area contributed by atoms with Crippen molar-refractivity contribution in [2.45, 2.75) is 0 Å². The maximum absolute atomic E-state index is 6.55. The minimum atomic E-state index is 0.672. The molecule has 0 atom stereocenters. The molecule has 4 aromatic heterocycles. The Bertz CT molecular complexity index is 3500. The highest BCUT2D eigenvalue weighted by molar-refractivity contribution is 6.11. The molecule has 0 radical (unpaired) electrons. The van der Waals surface area contributed by atoms with Crippen LogP contribution in [-0.4, -0.2) is 14.5 Å². The maximum atomic E-state index is 6.55. The fourth-order valence-corrected chi connectivity index (χ4v) is 8.67. The van der Waals surface area contributed by atoms with Crippen LogP contribution in [0.3, 0.4) is 0 Å². The highest BCUT2D eigenvalue weighted by Crippen LogP contribution is 2.40. The molecule has 12 rings (SSSR count). The number of furan rings is 2. The van der Waals surface area contributed by atoms with Crippen LogP contribution in [0.5, 0.6) is 0 Å². The number of nitrogens with zero attached hydrogens (tertiary/aromatic N) is 3. The summed E-state index contributed by atoms with van der Waals surface area (Å²) in [7, 11) is 0. The first-order valence-electron chi connectivity index (χ1n) is 19.1. The highest BCUT2D eigenvalue weighted by atomic mass is 16.3. The smallest absolute Gasteiger partial charge is 0.180 e. The Morgan fingerprint density at radius 2 is 0.947 bits per heavy atom. The van der Waals surface area contributed by atoms with Gasteiger partial charge in [0, 0.05) is 43.7 Å². The van der Waals surface area contributed by atoms with E-state index in [9.17, 15) is 0 Å². The summed E-state index contributed by atoms with van der Waals surface area (Å²) >= 11 is 0. The van der Waals surface area contributed by atoms with Crippen LogP contribution in [0.25, 0.3) is 116 Å². The number of benzene rings is 8. The van der Waals surface area contributed by atoms with Gasteiger partial charge in [-0.3, -0.25) is 0 Å². The van der Waals surface area contributed by atoms with E-state index in [2.05, 4.69) is 168 Å². The van der Waals surface area contributed by atoms with Crippen molar-refractivity contribution in [2.75, 3.05) is 0 Å². The average molecular weight is 730 g/mol. The van der Waals surface area contributed by atoms with Crippen molar-refractivity contribution in [1.82, 2.24) is 14.5 Å². The van der Waals surface area contributed by atoms with Crippen molar-refractivity contribution < 1.29 is 8.83 Å². The van der Waals surface area contributed by atoms with Crippen molar-refractivity contribution >= 4 is 65.8 Å². The van der Waals surface area contributed by atoms with Gasteiger partial charge in [0.15, 0.2) is 5.58 Å². The van der Waals surface area contributed by atoms with E-state index in [1.54, 1.807) is 6.33 Å². The van der Waals surface area contributed by atoms with Crippen LogP contribution in [0, 0.1) is 0 Å². The molecule has 57 heavy (non-hydrogen) atoms. The molecule has 0 unspecified atom stereocenters. The molecule has 0 saturated heterocycles. The van der Waals surface area contributed by atoms with E-state index in [1.807, 2.05) is 18.2 Å². The first-order valence-corrected chi connectivity index (χ1v) is 19.1. The molecule has 0 bridgehead atoms. The largest absolute Gasteiger partial charge is 0.455 e. The number of para-hydroxylation sites is 4. The van der Waals surface area contributed by atoms with E-state index in [0.29, 0.717) is 5.58 Å². The molecule has 12 aromatic rings. The SMILES string of the molecule is c1cc(-c2ccc3oc4c(-c5cccc(-c6cccc(-n7c8ccccc8c8ccccc87)c6)c5)ncnc4c3c2)cc(-c2cccc3c2oc2ccccc23)c1. The van der Waals surface area contributed by atoms with Crippen LogP contribution in [0.1, 0.15) is 0 Å². The van der Waals surface area contributed by atoms with Crippen LogP contribution in [0.4, 0.5) is 0 Å². The van der Waals surface area contributed by atoms with Gasteiger partial charge in [-0.1, -0.05) is 127 Å². The molecule has 0 spiro atoms. The lowest BCUT2D eigenvalue weighted by molar-refractivity contribution is 0.667. The summed E-state index contributed by atoms with van der Waals surface area (Å²) < 4.78 is 15.3. The molecule has 0 saturated carbocycles. The van der Waals surface area contributed by atoms with Gasteiger partial charge in [0.25, 0.3) is 0 Å². The minimum Gasteiger partial charge on any atom is -0.455 e. The second-order valence-corrected chi connectivity index (χ2v) is 14.6. The molecule has 0 aliphatic rings. The van der Waals surface area contributed by atoms with Crippen molar-refractivity contribution in [2.24, 2.45) is 0 Å². The van der Waals surface area contributed by atoms with Crippen molar-refractivity contribution in [1.29, 1.82) is 0 Å². The summed E-state index contributed by atoms with van der Waals surface area (Å²) in [4.78, 5) is 9.54. The van der Waals surface area contributed by atoms with Gasteiger partial charge in [0.2, 0.25) is 0 Å². The second kappa shape index (κ2) is 12.4. The predicted molar refractivity (Wildman–Crippen MR) is 233 cm³/mol. The fraction of sp³-hybridized carbons (Fsp3) is 0. The van der Waals surface area contributed by atoms with E-state index < -0.39 is 0 Å². The van der Waals surface area contributed by atoms with E-state index in [4.69, 9.17) is 18.8 Å². The van der Waals surface area contributed by atoms with Crippen LogP contribution < -0.4 is 0 Å². The molecular weight excluding hydrogens is 699 g/mol. The Balaban J connectivity index is 0.922. The monoisotopic (exact) mass is 729 g/mol. The fourth-order valence-electron chi connectivity index (χ4n) is 8.67. The minimum absolute atomic E-state index is 0.672. The number of aromatic nitrogens is 3. The number of rotatable bonds is 5. The van der Waals surface area contributed by atoms with Gasteiger partial charge >= 0.3 is 0 Å². The molecule has 4 heterocycles. The summed E-state index contributed by atoms with van der Waals surface area (Å²) in [6.07, 6.45) is 1.64. The summed E-state index contributed by atoms with van der Waals surface area (Å²) in [6.45, 7) is 0. The van der Waals surface area contributed by atoms with Gasteiger partial charge in [-0.05, 0) is 82.4 Å². The lowest BCUT2D eigenvalue weighted by Gasteiger charge is -2.11. The number of fused-ring (bicyclic) bond motifs is 9. The Hall–Kier alpha value is -7.76. The quantitative estimate of drug-likeness (QED) is 0.177. The summed E-state index contributed by atoms with van der Waals surface area (Å²) in [5.41, 5.74) is 15.8. The normalized spacial score (nSPS) is 11.9. The zero-order valence-corrected chi connectivity index (χ0v) is 30.6. The Kier molecular flexibility index (Phi) is 6.86. The van der Waals surface area contributed by atoms with E-state index in [0.717, 1.165) is 88.7 Å². The molecule has 266 valence electrons. The van der Waals surface area contributed by atoms with E-state index in [1.165, 1.54) is 21.8 Å². The van der Waals surface area contributed by atoms with E-state index >= 15 is 0 Å². The lowest BCUT2D eigenvalue weighted by Crippen LogP contribution is -1.94. The molecule has 0 aliphatic carbocycles. The van der Waals surface area contributed by atoms with E-state index in [-0.39, 0.29) is 0 Å². The molecule has 8 aromatic carbocycles. The van der Waals surface area contributed by atoms with Gasteiger partial charge in [-0.15, -0.1) is 0 Å². The number of hydrogen-bond donors (Lipinski definition) is 0.